The molecule has 5 nitrogen and oxygen atoms in total. The van der Waals surface area contributed by atoms with Gasteiger partial charge in [-0.05, 0) is 49.5 Å². The van der Waals surface area contributed by atoms with E-state index in [1.807, 2.05) is 6.92 Å². The number of alkyl halides is 2. The molecule has 1 aliphatic carbocycles. The average Bonchev–Trinajstić information content (AvgIpc) is 3.43. The van der Waals surface area contributed by atoms with Crippen molar-refractivity contribution in [3.8, 4) is 0 Å². The van der Waals surface area contributed by atoms with Crippen LogP contribution in [0.3, 0.4) is 0 Å². The normalized spacial score (nSPS) is 16.1. The number of nitrogens with zero attached hydrogens (tertiary/aromatic N) is 3. The van der Waals surface area contributed by atoms with Crippen LogP contribution in [0.15, 0.2) is 33.7 Å². The van der Waals surface area contributed by atoms with E-state index in [9.17, 15) is 18.0 Å². The first kappa shape index (κ1) is 20.8. The van der Waals surface area contributed by atoms with E-state index in [-0.39, 0.29) is 16.7 Å². The van der Waals surface area contributed by atoms with Crippen molar-refractivity contribution in [2.24, 2.45) is 0 Å². The number of pyridine rings is 1. The van der Waals surface area contributed by atoms with Crippen LogP contribution in [0.25, 0.3) is 10.9 Å². The minimum Gasteiger partial charge on any atom is -0.363 e. The molecule has 0 saturated heterocycles. The first-order chi connectivity index (χ1) is 14.1. The smallest absolute Gasteiger partial charge is 0.267 e. The number of hydrogen-bond donors (Lipinski definition) is 1. The van der Waals surface area contributed by atoms with Crippen molar-refractivity contribution in [3.05, 3.63) is 62.0 Å². The molecule has 1 fully saturated rings. The molecular formula is C21H20BrF3N4O. The van der Waals surface area contributed by atoms with E-state index < -0.39 is 23.8 Å². The van der Waals surface area contributed by atoms with Crippen molar-refractivity contribution >= 4 is 32.7 Å². The second kappa shape index (κ2) is 7.37. The van der Waals surface area contributed by atoms with Gasteiger partial charge in [-0.3, -0.25) is 4.79 Å². The third-order valence-electron chi connectivity index (χ3n) is 5.60. The van der Waals surface area contributed by atoms with Crippen LogP contribution in [0.5, 0.6) is 0 Å². The zero-order valence-electron chi connectivity index (χ0n) is 16.6. The van der Waals surface area contributed by atoms with E-state index in [4.69, 9.17) is 0 Å². The lowest BCUT2D eigenvalue weighted by atomic mass is 10.0. The van der Waals surface area contributed by atoms with E-state index in [0.717, 1.165) is 18.9 Å². The number of fused-ring (bicyclic) bond motifs is 1. The summed E-state index contributed by atoms with van der Waals surface area (Å²) in [7, 11) is 0. The van der Waals surface area contributed by atoms with Crippen molar-refractivity contribution < 1.29 is 13.2 Å². The number of halogens is 4. The van der Waals surface area contributed by atoms with Gasteiger partial charge in [0.05, 0.1) is 22.5 Å². The van der Waals surface area contributed by atoms with Gasteiger partial charge in [-0.2, -0.15) is 0 Å². The molecule has 1 N–H and O–H groups in total. The van der Waals surface area contributed by atoms with Gasteiger partial charge in [0, 0.05) is 17.3 Å². The molecule has 1 saturated carbocycles. The van der Waals surface area contributed by atoms with Crippen molar-refractivity contribution in [3.63, 3.8) is 0 Å². The highest BCUT2D eigenvalue weighted by Crippen LogP contribution is 2.43. The fourth-order valence-electron chi connectivity index (χ4n) is 3.55. The molecule has 0 bridgehead atoms. The Balaban J connectivity index is 1.82. The summed E-state index contributed by atoms with van der Waals surface area (Å²) in [6.07, 6.45) is 0.601. The molecule has 1 aliphatic rings. The third-order valence-corrected chi connectivity index (χ3v) is 6.31. The van der Waals surface area contributed by atoms with Crippen LogP contribution >= 0.6 is 15.9 Å². The molecule has 30 heavy (non-hydrogen) atoms. The first-order valence-corrected chi connectivity index (χ1v) is 10.3. The first-order valence-electron chi connectivity index (χ1n) is 9.55. The van der Waals surface area contributed by atoms with Crippen LogP contribution in [-0.4, -0.2) is 14.5 Å². The van der Waals surface area contributed by atoms with Gasteiger partial charge in [-0.1, -0.05) is 18.2 Å². The number of benzene rings is 1. The van der Waals surface area contributed by atoms with Gasteiger partial charge in [0.1, 0.15) is 21.9 Å². The Hall–Kier alpha value is -2.42. The lowest BCUT2D eigenvalue weighted by Crippen LogP contribution is -2.29. The minimum atomic E-state index is -2.90. The van der Waals surface area contributed by atoms with Gasteiger partial charge in [-0.25, -0.2) is 23.1 Å². The zero-order chi connectivity index (χ0) is 21.8. The number of anilines is 1. The molecule has 0 spiro atoms. The van der Waals surface area contributed by atoms with E-state index in [2.05, 4.69) is 31.2 Å². The maximum atomic E-state index is 14.6. The van der Waals surface area contributed by atoms with Crippen LogP contribution in [-0.2, 0) is 5.54 Å². The Morgan fingerprint density at radius 1 is 1.23 bits per heavy atom. The molecule has 1 atom stereocenters. The minimum absolute atomic E-state index is 0.110. The summed E-state index contributed by atoms with van der Waals surface area (Å²) in [5.74, 6) is -0.105. The molecular weight excluding hydrogens is 461 g/mol. The summed E-state index contributed by atoms with van der Waals surface area (Å²) in [5, 5.41) is 3.72. The molecule has 9 heteroatoms. The van der Waals surface area contributed by atoms with Gasteiger partial charge < -0.3 is 9.88 Å². The molecule has 2 heterocycles. The lowest BCUT2D eigenvalue weighted by Gasteiger charge is -2.20. The Morgan fingerprint density at radius 2 is 1.90 bits per heavy atom. The number of aryl methyl sites for hydroxylation is 1. The highest BCUT2D eigenvalue weighted by atomic mass is 79.9. The zero-order valence-corrected chi connectivity index (χ0v) is 18.2. The number of hydrogen-bond acceptors (Lipinski definition) is 4. The number of aromatic nitrogens is 3. The standard InChI is InChI=1S/C21H20BrF3N4O/c1-10(12-5-4-6-13(16(12)23)18(24)25)26-19-14-9-29(21(3)7-8-21)20(30)15(22)17(14)27-11(2)28-19/h4-6,9-10,18H,7-8H2,1-3H3,(H,26,27,28). The maximum Gasteiger partial charge on any atom is 0.267 e. The molecule has 4 rings (SSSR count). The Morgan fingerprint density at radius 3 is 2.53 bits per heavy atom. The van der Waals surface area contributed by atoms with Crippen LogP contribution < -0.4 is 10.9 Å². The van der Waals surface area contributed by atoms with Crippen molar-refractivity contribution in [2.75, 3.05) is 5.32 Å². The van der Waals surface area contributed by atoms with E-state index in [1.54, 1.807) is 24.6 Å². The summed E-state index contributed by atoms with van der Waals surface area (Å²) in [6, 6.07) is 3.31. The Labute approximate surface area is 179 Å². The summed E-state index contributed by atoms with van der Waals surface area (Å²) in [5.41, 5.74) is -0.499. The monoisotopic (exact) mass is 480 g/mol. The SMILES string of the molecule is Cc1nc(NC(C)c2cccc(C(F)F)c2F)c2cn(C3(C)CC3)c(=O)c(Br)c2n1. The van der Waals surface area contributed by atoms with Crippen LogP contribution in [0.4, 0.5) is 19.0 Å². The van der Waals surface area contributed by atoms with Gasteiger partial charge in [-0.15, -0.1) is 0 Å². The summed E-state index contributed by atoms with van der Waals surface area (Å²) in [6.45, 7) is 5.36. The summed E-state index contributed by atoms with van der Waals surface area (Å²) < 4.78 is 42.8. The van der Waals surface area contributed by atoms with Gasteiger partial charge >= 0.3 is 0 Å². The average molecular weight is 481 g/mol. The van der Waals surface area contributed by atoms with Crippen LogP contribution in [0, 0.1) is 12.7 Å². The van der Waals surface area contributed by atoms with Crippen molar-refractivity contribution in [1.82, 2.24) is 14.5 Å². The second-order valence-corrected chi connectivity index (χ2v) is 8.71. The molecule has 1 aromatic carbocycles. The quantitative estimate of drug-likeness (QED) is 0.514. The van der Waals surface area contributed by atoms with Gasteiger partial charge in [0.15, 0.2) is 0 Å². The van der Waals surface area contributed by atoms with Crippen LogP contribution in [0.2, 0.25) is 0 Å². The lowest BCUT2D eigenvalue weighted by molar-refractivity contribution is 0.146. The van der Waals surface area contributed by atoms with E-state index in [0.29, 0.717) is 27.0 Å². The fourth-order valence-corrected chi connectivity index (χ4v) is 4.05. The predicted molar refractivity (Wildman–Crippen MR) is 113 cm³/mol. The molecule has 0 aliphatic heterocycles. The molecule has 158 valence electrons. The van der Waals surface area contributed by atoms with E-state index in [1.165, 1.54) is 12.1 Å². The maximum absolute atomic E-state index is 14.6. The largest absolute Gasteiger partial charge is 0.363 e. The topological polar surface area (TPSA) is 59.8 Å². The Kier molecular flexibility index (Phi) is 5.12. The van der Waals surface area contributed by atoms with Crippen molar-refractivity contribution in [1.29, 1.82) is 0 Å². The highest BCUT2D eigenvalue weighted by Gasteiger charge is 2.40. The third kappa shape index (κ3) is 3.49. The fraction of sp³-hybridized carbons (Fsp3) is 0.381. The Bertz CT molecular complexity index is 1210. The number of rotatable bonds is 5. The summed E-state index contributed by atoms with van der Waals surface area (Å²) in [4.78, 5) is 21.6. The van der Waals surface area contributed by atoms with E-state index >= 15 is 0 Å². The van der Waals surface area contributed by atoms with Crippen molar-refractivity contribution in [2.45, 2.75) is 51.6 Å². The molecule has 3 aromatic rings. The van der Waals surface area contributed by atoms with Crippen LogP contribution in [0.1, 0.15) is 56.1 Å². The molecule has 0 amide bonds. The molecule has 1 unspecified atom stereocenters. The predicted octanol–water partition coefficient (Wildman–Crippen LogP) is 5.62. The summed E-state index contributed by atoms with van der Waals surface area (Å²) >= 11 is 3.37. The molecule has 2 aromatic heterocycles. The number of nitrogens with one attached hydrogen (secondary N) is 1. The highest BCUT2D eigenvalue weighted by molar-refractivity contribution is 9.10. The second-order valence-electron chi connectivity index (χ2n) is 7.91. The van der Waals surface area contributed by atoms with Gasteiger partial charge in [0.2, 0.25) is 0 Å². The van der Waals surface area contributed by atoms with Gasteiger partial charge in [0.25, 0.3) is 12.0 Å². The molecule has 0 radical (unpaired) electrons.